The number of alkyl halides is 3. The van der Waals surface area contributed by atoms with E-state index in [0.29, 0.717) is 28.3 Å². The van der Waals surface area contributed by atoms with Gasteiger partial charge in [-0.05, 0) is 17.5 Å². The third kappa shape index (κ3) is 2.83. The fourth-order valence-corrected chi connectivity index (χ4v) is 5.45. The molecule has 0 fully saturated rings. The highest BCUT2D eigenvalue weighted by atomic mass is 19.4. The Morgan fingerprint density at radius 1 is 1.06 bits per heavy atom. The molecule has 3 aromatic heterocycles. The van der Waals surface area contributed by atoms with Crippen molar-refractivity contribution in [3.63, 3.8) is 0 Å². The molecule has 33 heavy (non-hydrogen) atoms. The fraction of sp³-hybridized carbons (Fsp3) is 0.278. The van der Waals surface area contributed by atoms with E-state index in [0.717, 1.165) is 5.56 Å². The van der Waals surface area contributed by atoms with Crippen molar-refractivity contribution < 1.29 is 17.6 Å². The standard InChI is InChI=1S/C18H19B6F4N5/c19-15(20)2-5-10-6-3-29-32-9(6)1-8(25)13(10)31-12(11(5)16(21,22)18(15,23)24)7-4-30-33-14(7)17(26,27)28/h1,3-4H,2,19-24H2,(H,29,32)(H,30,33). The molecule has 0 aliphatic heterocycles. The number of pyridine rings is 1. The van der Waals surface area contributed by atoms with E-state index in [9.17, 15) is 13.2 Å². The first-order chi connectivity index (χ1) is 15.2. The summed E-state index contributed by atoms with van der Waals surface area (Å²) in [7, 11) is 12.6. The molecule has 0 bridgehead atoms. The average molecular weight is 446 g/mol. The van der Waals surface area contributed by atoms with Crippen LogP contribution in [-0.4, -0.2) is 72.5 Å². The van der Waals surface area contributed by atoms with Crippen molar-refractivity contribution >= 4 is 68.9 Å². The van der Waals surface area contributed by atoms with Crippen molar-refractivity contribution in [2.24, 2.45) is 0 Å². The number of halogens is 4. The lowest BCUT2D eigenvalue weighted by atomic mass is 9.14. The first kappa shape index (κ1) is 22.2. The molecule has 2 N–H and O–H groups in total. The summed E-state index contributed by atoms with van der Waals surface area (Å²) in [5, 5.41) is 12.9. The third-order valence-electron chi connectivity index (χ3n) is 8.40. The van der Waals surface area contributed by atoms with Gasteiger partial charge in [-0.1, -0.05) is 15.6 Å². The van der Waals surface area contributed by atoms with E-state index in [4.69, 9.17) is 0 Å². The summed E-state index contributed by atoms with van der Waals surface area (Å²) in [6.07, 6.45) is -1.31. The number of H-pyrrole nitrogens is 2. The topological polar surface area (TPSA) is 70.2 Å². The minimum atomic E-state index is -4.68. The maximum Gasteiger partial charge on any atom is 0.435 e. The van der Waals surface area contributed by atoms with E-state index in [1.54, 1.807) is 6.20 Å². The van der Waals surface area contributed by atoms with Gasteiger partial charge in [-0.3, -0.25) is 10.2 Å². The number of nitrogens with one attached hydrogen (secondary N) is 2. The second-order valence-electron chi connectivity index (χ2n) is 10.7. The van der Waals surface area contributed by atoms with Gasteiger partial charge in [0.25, 0.3) is 0 Å². The smallest absolute Gasteiger partial charge is 0.284 e. The van der Waals surface area contributed by atoms with E-state index in [1.165, 1.54) is 12.3 Å². The highest BCUT2D eigenvalue weighted by Crippen LogP contribution is 2.61. The highest BCUT2D eigenvalue weighted by Gasteiger charge is 2.54. The second-order valence-corrected chi connectivity index (χ2v) is 10.7. The Balaban J connectivity index is 2.03. The Bertz CT molecular complexity index is 1440. The molecule has 0 unspecified atom stereocenters. The van der Waals surface area contributed by atoms with Gasteiger partial charge in [-0.15, -0.1) is 0 Å². The molecule has 5 nitrogen and oxygen atoms in total. The number of rotatable bonds is 1. The maximum atomic E-state index is 15.3. The van der Waals surface area contributed by atoms with Gasteiger partial charge in [0.2, 0.25) is 0 Å². The van der Waals surface area contributed by atoms with Crippen molar-refractivity contribution in [3.05, 3.63) is 41.1 Å². The summed E-state index contributed by atoms with van der Waals surface area (Å²) in [5.41, 5.74) is 0.961. The molecule has 0 saturated heterocycles. The predicted octanol–water partition coefficient (Wildman–Crippen LogP) is -1.60. The molecule has 4 aromatic rings. The minimum Gasteiger partial charge on any atom is -0.284 e. The molecule has 1 aliphatic carbocycles. The first-order valence-corrected chi connectivity index (χ1v) is 10.8. The third-order valence-corrected chi connectivity index (χ3v) is 8.40. The molecule has 0 atom stereocenters. The lowest BCUT2D eigenvalue weighted by molar-refractivity contribution is -0.140. The van der Waals surface area contributed by atoms with E-state index >= 15 is 4.39 Å². The molecule has 1 aromatic carbocycles. The van der Waals surface area contributed by atoms with Crippen molar-refractivity contribution in [2.45, 2.75) is 28.2 Å². The normalized spacial score (nSPS) is 19.0. The van der Waals surface area contributed by atoms with Crippen LogP contribution >= 0.6 is 0 Å². The van der Waals surface area contributed by atoms with Crippen LogP contribution in [0, 0.1) is 5.82 Å². The molecule has 15 heteroatoms. The summed E-state index contributed by atoms with van der Waals surface area (Å²) in [4.78, 5) is 4.57. The van der Waals surface area contributed by atoms with Gasteiger partial charge in [0.15, 0.2) is 11.5 Å². The van der Waals surface area contributed by atoms with E-state index in [1.807, 2.05) is 15.7 Å². The number of fused-ring (bicyclic) bond motifs is 5. The molecular weight excluding hydrogens is 427 g/mol. The maximum absolute atomic E-state index is 15.3. The summed E-state index contributed by atoms with van der Waals surface area (Å²) in [6, 6.07) is 1.29. The zero-order valence-corrected chi connectivity index (χ0v) is 19.3. The quantitative estimate of drug-likeness (QED) is 0.274. The molecule has 0 radical (unpaired) electrons. The van der Waals surface area contributed by atoms with Gasteiger partial charge in [0, 0.05) is 23.0 Å². The molecule has 0 amide bonds. The lowest BCUT2D eigenvalue weighted by Gasteiger charge is -2.59. The number of benzene rings is 1. The minimum absolute atomic E-state index is 0.0401. The van der Waals surface area contributed by atoms with Gasteiger partial charge < -0.3 is 0 Å². The number of nitrogens with zero attached hydrogens (tertiary/aromatic N) is 3. The molecule has 5 rings (SSSR count). The fourth-order valence-electron chi connectivity index (χ4n) is 5.45. The van der Waals surface area contributed by atoms with E-state index in [-0.39, 0.29) is 27.2 Å². The van der Waals surface area contributed by atoms with Gasteiger partial charge in [0.1, 0.15) is 21.2 Å². The van der Waals surface area contributed by atoms with Crippen molar-refractivity contribution in [1.82, 2.24) is 25.4 Å². The Labute approximate surface area is 192 Å². The zero-order valence-electron chi connectivity index (χ0n) is 19.3. The summed E-state index contributed by atoms with van der Waals surface area (Å²) < 4.78 is 56.8. The van der Waals surface area contributed by atoms with Crippen molar-refractivity contribution in [1.29, 1.82) is 0 Å². The Kier molecular flexibility index (Phi) is 4.38. The monoisotopic (exact) mass is 447 g/mol. The van der Waals surface area contributed by atoms with Gasteiger partial charge in [-0.2, -0.15) is 23.4 Å². The van der Waals surface area contributed by atoms with Gasteiger partial charge >= 0.3 is 6.18 Å². The number of aromatic amines is 2. The number of hydrogen-bond donors (Lipinski definition) is 2. The van der Waals surface area contributed by atoms with Crippen molar-refractivity contribution in [2.75, 3.05) is 0 Å². The Morgan fingerprint density at radius 3 is 2.42 bits per heavy atom. The van der Waals surface area contributed by atoms with Crippen LogP contribution in [0.3, 0.4) is 0 Å². The van der Waals surface area contributed by atoms with Crippen LogP contribution in [0.1, 0.15) is 16.8 Å². The molecule has 0 spiro atoms. The molecular formula is C18H19B6F4N5. The van der Waals surface area contributed by atoms with Crippen LogP contribution in [0.25, 0.3) is 33.1 Å². The van der Waals surface area contributed by atoms with E-state index in [2.05, 4.69) is 56.8 Å². The predicted molar refractivity (Wildman–Crippen MR) is 136 cm³/mol. The van der Waals surface area contributed by atoms with Crippen molar-refractivity contribution in [3.8, 4) is 11.3 Å². The molecule has 162 valence electrons. The van der Waals surface area contributed by atoms with E-state index < -0.39 is 22.9 Å². The van der Waals surface area contributed by atoms with Crippen LogP contribution < -0.4 is 0 Å². The molecule has 3 heterocycles. The highest BCUT2D eigenvalue weighted by molar-refractivity contribution is 6.62. The van der Waals surface area contributed by atoms with Crippen LogP contribution in [0.4, 0.5) is 17.6 Å². The Morgan fingerprint density at radius 2 is 1.76 bits per heavy atom. The van der Waals surface area contributed by atoms with Crippen LogP contribution in [0.5, 0.6) is 0 Å². The number of hydrogen-bond acceptors (Lipinski definition) is 3. The zero-order chi connectivity index (χ0) is 24.1. The number of aromatic nitrogens is 5. The average Bonchev–Trinajstić information content (AvgIpc) is 3.34. The van der Waals surface area contributed by atoms with Gasteiger partial charge in [-0.25, -0.2) is 9.37 Å². The SMILES string of the molecule is BC1(B)Cc2c(c(-c3c[nH]nc3C(F)(F)F)nc3c(F)cc4[nH]ncc4c23)C(B)(B)C1(B)B. The molecule has 0 saturated carbocycles. The second kappa shape index (κ2) is 6.51. The molecule has 1 aliphatic rings. The van der Waals surface area contributed by atoms with Gasteiger partial charge in [0.05, 0.1) is 54.4 Å². The summed E-state index contributed by atoms with van der Waals surface area (Å²) >= 11 is 0. The largest absolute Gasteiger partial charge is 0.435 e. The van der Waals surface area contributed by atoms with Crippen LogP contribution in [0.15, 0.2) is 18.5 Å². The van der Waals surface area contributed by atoms with Crippen LogP contribution in [-0.2, 0) is 17.8 Å². The van der Waals surface area contributed by atoms with Crippen LogP contribution in [0.2, 0.25) is 10.4 Å². The summed E-state index contributed by atoms with van der Waals surface area (Å²) in [6.45, 7) is 0. The first-order valence-electron chi connectivity index (χ1n) is 10.8. The lowest BCUT2D eigenvalue weighted by Crippen LogP contribution is -2.55. The summed E-state index contributed by atoms with van der Waals surface area (Å²) in [5.74, 6) is -0.608. The Hall–Kier alpha value is -2.58.